The molecule has 0 saturated heterocycles. The van der Waals surface area contributed by atoms with Crippen LogP contribution >= 0.6 is 0 Å². The Hall–Kier alpha value is -4.16. The van der Waals surface area contributed by atoms with Crippen LogP contribution in [0, 0.1) is 0 Å². The van der Waals surface area contributed by atoms with Crippen molar-refractivity contribution in [3.63, 3.8) is 0 Å². The highest BCUT2D eigenvalue weighted by Gasteiger charge is 2.17. The van der Waals surface area contributed by atoms with Gasteiger partial charge in [-0.1, -0.05) is 69.9 Å². The molecule has 0 aliphatic heterocycles. The molecule has 0 aliphatic rings. The zero-order valence-electron chi connectivity index (χ0n) is 35.1. The highest BCUT2D eigenvalue weighted by molar-refractivity contribution is 7.92. The number of aliphatic carboxylic acids is 1. The highest BCUT2D eigenvalue weighted by Crippen LogP contribution is 2.18. The molecule has 16 nitrogen and oxygen atoms in total. The normalized spacial score (nSPS) is 11.6. The van der Waals surface area contributed by atoms with E-state index in [2.05, 4.69) is 20.3 Å². The average Bonchev–Trinajstić information content (AvgIpc) is 3.18. The molecule has 0 unspecified atom stereocenters. The molecular weight excluding hydrogens is 785 g/mol. The van der Waals surface area contributed by atoms with E-state index in [0.29, 0.717) is 6.42 Å². The van der Waals surface area contributed by atoms with Gasteiger partial charge in [0.05, 0.1) is 50.1 Å². The number of carbonyl (C=O) groups excluding carboxylic acids is 3. The van der Waals surface area contributed by atoms with Gasteiger partial charge in [0.1, 0.15) is 24.6 Å². The third kappa shape index (κ3) is 26.5. The van der Waals surface area contributed by atoms with Crippen molar-refractivity contribution in [2.24, 2.45) is 0 Å². The number of aromatic nitrogens is 1. The second kappa shape index (κ2) is 30.0. The van der Waals surface area contributed by atoms with Crippen LogP contribution in [0.15, 0.2) is 47.5 Å². The first-order chi connectivity index (χ1) is 28.2. The number of carboxylic acids is 1. The van der Waals surface area contributed by atoms with E-state index >= 15 is 0 Å². The molecule has 332 valence electrons. The summed E-state index contributed by atoms with van der Waals surface area (Å²) in [5.74, 6) is -1.79. The number of amides is 2. The van der Waals surface area contributed by atoms with Gasteiger partial charge in [-0.05, 0) is 69.9 Å². The van der Waals surface area contributed by atoms with Crippen LogP contribution in [0.25, 0.3) is 0 Å². The van der Waals surface area contributed by atoms with Crippen LogP contribution in [0.5, 0.6) is 0 Å². The molecule has 0 saturated carbocycles. The van der Waals surface area contributed by atoms with E-state index in [1.807, 2.05) is 32.9 Å². The van der Waals surface area contributed by atoms with Crippen molar-refractivity contribution in [3.8, 4) is 0 Å². The number of pyridine rings is 1. The standard InChI is InChI=1S/C42H66N4O12S/c1-42(2,3)58-40(50)16-14-12-10-8-6-4-5-7-9-11-13-15-34-17-20-36(21-18-34)59(52,53)46-37-22-19-35(31-45-37)41(51)44-24-26-55-27-29-56-32-38(47)43-23-25-54-28-30-57-33-39(48)49/h17-22,31H,4-16,23-30,32-33H2,1-3H3,(H,43,47)(H,44,51)(H,45,46)(H,48,49). The van der Waals surface area contributed by atoms with Gasteiger partial charge in [-0.25, -0.2) is 18.2 Å². The average molecular weight is 851 g/mol. The number of rotatable bonds is 34. The maximum atomic E-state index is 13.0. The number of hydrogen-bond donors (Lipinski definition) is 4. The largest absolute Gasteiger partial charge is 0.480 e. The lowest BCUT2D eigenvalue weighted by atomic mass is 10.0. The molecule has 2 aromatic rings. The summed E-state index contributed by atoms with van der Waals surface area (Å²) in [6, 6.07) is 9.77. The Labute approximate surface area is 349 Å². The van der Waals surface area contributed by atoms with E-state index in [1.165, 1.54) is 56.9 Å². The third-order valence-electron chi connectivity index (χ3n) is 8.57. The summed E-state index contributed by atoms with van der Waals surface area (Å²) in [6.45, 7) is 6.84. The highest BCUT2D eigenvalue weighted by atomic mass is 32.2. The lowest BCUT2D eigenvalue weighted by Gasteiger charge is -2.19. The molecule has 0 spiro atoms. The van der Waals surface area contributed by atoms with Gasteiger partial charge in [-0.15, -0.1) is 0 Å². The second-order valence-electron chi connectivity index (χ2n) is 15.0. The van der Waals surface area contributed by atoms with Gasteiger partial charge < -0.3 is 39.4 Å². The third-order valence-corrected chi connectivity index (χ3v) is 9.94. The van der Waals surface area contributed by atoms with Crippen LogP contribution in [0.2, 0.25) is 0 Å². The molecule has 0 atom stereocenters. The van der Waals surface area contributed by atoms with Crippen molar-refractivity contribution in [2.45, 2.75) is 115 Å². The predicted molar refractivity (Wildman–Crippen MR) is 223 cm³/mol. The maximum Gasteiger partial charge on any atom is 0.329 e. The minimum atomic E-state index is -3.87. The lowest BCUT2D eigenvalue weighted by molar-refractivity contribution is -0.155. The number of esters is 1. The number of hydrogen-bond acceptors (Lipinski definition) is 12. The summed E-state index contributed by atoms with van der Waals surface area (Å²) in [7, 11) is -3.87. The molecule has 1 aromatic carbocycles. The van der Waals surface area contributed by atoms with Crippen molar-refractivity contribution in [1.82, 2.24) is 15.6 Å². The number of carboxylic acid groups (broad SMARTS) is 1. The summed E-state index contributed by atoms with van der Waals surface area (Å²) in [5, 5.41) is 13.8. The van der Waals surface area contributed by atoms with Crippen LogP contribution in [0.3, 0.4) is 0 Å². The minimum absolute atomic E-state index is 0.0892. The molecule has 17 heteroatoms. The van der Waals surface area contributed by atoms with Crippen LogP contribution in [0.4, 0.5) is 5.82 Å². The zero-order valence-corrected chi connectivity index (χ0v) is 35.9. The molecule has 2 amide bonds. The number of nitrogens with zero attached hydrogens (tertiary/aromatic N) is 1. The Kier molecular flexibility index (Phi) is 25.9. The first-order valence-corrected chi connectivity index (χ1v) is 22.1. The molecule has 0 bridgehead atoms. The van der Waals surface area contributed by atoms with Gasteiger partial charge in [-0.2, -0.15) is 0 Å². The van der Waals surface area contributed by atoms with Crippen LogP contribution in [-0.2, 0) is 54.5 Å². The van der Waals surface area contributed by atoms with Crippen molar-refractivity contribution < 1.29 is 56.4 Å². The van der Waals surface area contributed by atoms with Crippen LogP contribution in [-0.4, -0.2) is 114 Å². The maximum absolute atomic E-state index is 13.0. The van der Waals surface area contributed by atoms with E-state index in [4.69, 9.17) is 28.8 Å². The SMILES string of the molecule is CC(C)(C)OC(=O)CCCCCCCCCCCCCc1ccc(S(=O)(=O)Nc2ccc(C(=O)NCCOCCOCC(=O)NCCOCCOCC(=O)O)cn2)cc1. The predicted octanol–water partition coefficient (Wildman–Crippen LogP) is 5.44. The Morgan fingerprint density at radius 3 is 1.76 bits per heavy atom. The molecule has 59 heavy (non-hydrogen) atoms. The van der Waals surface area contributed by atoms with Crippen molar-refractivity contribution in [3.05, 3.63) is 53.7 Å². The Bertz CT molecular complexity index is 1600. The van der Waals surface area contributed by atoms with E-state index in [9.17, 15) is 27.6 Å². The summed E-state index contributed by atoms with van der Waals surface area (Å²) in [5.41, 5.74) is 0.929. The van der Waals surface area contributed by atoms with Crippen LogP contribution in [0.1, 0.15) is 114 Å². The fourth-order valence-electron chi connectivity index (χ4n) is 5.62. The molecule has 2 rings (SSSR count). The van der Waals surface area contributed by atoms with E-state index < -0.39 is 27.5 Å². The summed E-state index contributed by atoms with van der Waals surface area (Å²) >= 11 is 0. The molecular formula is C42H66N4O12S. The van der Waals surface area contributed by atoms with Crippen molar-refractivity contribution in [1.29, 1.82) is 0 Å². The first kappa shape index (κ1) is 51.0. The molecule has 4 N–H and O–H groups in total. The molecule has 0 radical (unpaired) electrons. The summed E-state index contributed by atoms with van der Waals surface area (Å²) in [6.07, 6.45) is 15.3. The van der Waals surface area contributed by atoms with Crippen molar-refractivity contribution in [2.75, 3.05) is 70.7 Å². The fourth-order valence-corrected chi connectivity index (χ4v) is 6.63. The number of anilines is 1. The Balaban J connectivity index is 1.50. The van der Waals surface area contributed by atoms with Crippen LogP contribution < -0.4 is 15.4 Å². The van der Waals surface area contributed by atoms with Gasteiger partial charge in [-0.3, -0.25) is 19.1 Å². The number of aryl methyl sites for hydroxylation is 1. The van der Waals surface area contributed by atoms with Crippen molar-refractivity contribution >= 4 is 39.6 Å². The number of unbranched alkanes of at least 4 members (excludes halogenated alkanes) is 10. The molecule has 0 aliphatic carbocycles. The van der Waals surface area contributed by atoms with Gasteiger partial charge in [0, 0.05) is 25.7 Å². The number of carbonyl (C=O) groups is 4. The zero-order chi connectivity index (χ0) is 43.2. The number of benzene rings is 1. The lowest BCUT2D eigenvalue weighted by Crippen LogP contribution is -2.31. The number of nitrogens with one attached hydrogen (secondary N) is 3. The topological polar surface area (TPSA) is 218 Å². The number of sulfonamides is 1. The monoisotopic (exact) mass is 850 g/mol. The first-order valence-electron chi connectivity index (χ1n) is 20.6. The van der Waals surface area contributed by atoms with E-state index in [-0.39, 0.29) is 94.1 Å². The second-order valence-corrected chi connectivity index (χ2v) is 16.7. The smallest absolute Gasteiger partial charge is 0.329 e. The van der Waals surface area contributed by atoms with Gasteiger partial charge >= 0.3 is 11.9 Å². The minimum Gasteiger partial charge on any atom is -0.480 e. The molecule has 1 heterocycles. The Morgan fingerprint density at radius 1 is 0.661 bits per heavy atom. The van der Waals surface area contributed by atoms with Gasteiger partial charge in [0.2, 0.25) is 5.91 Å². The fraction of sp³-hybridized carbons (Fsp3) is 0.643. The van der Waals surface area contributed by atoms with E-state index in [0.717, 1.165) is 44.1 Å². The quantitative estimate of drug-likeness (QED) is 0.0510. The molecule has 1 aromatic heterocycles. The Morgan fingerprint density at radius 2 is 1.20 bits per heavy atom. The van der Waals surface area contributed by atoms with Gasteiger partial charge in [0.25, 0.3) is 15.9 Å². The number of ether oxygens (including phenoxy) is 5. The van der Waals surface area contributed by atoms with E-state index in [1.54, 1.807) is 12.1 Å². The summed E-state index contributed by atoms with van der Waals surface area (Å²) in [4.78, 5) is 50.6. The summed E-state index contributed by atoms with van der Waals surface area (Å²) < 4.78 is 54.4. The van der Waals surface area contributed by atoms with Gasteiger partial charge in [0.15, 0.2) is 0 Å². The molecule has 0 fully saturated rings.